The Labute approximate surface area is 185 Å². The van der Waals surface area contributed by atoms with Crippen molar-refractivity contribution >= 4 is 11.6 Å². The molecule has 0 spiro atoms. The number of halogens is 9. The summed E-state index contributed by atoms with van der Waals surface area (Å²) < 4.78 is 122. The first-order valence-corrected chi connectivity index (χ1v) is 8.92. The smallest absolute Gasteiger partial charge is 0.418 e. The maximum absolute atomic E-state index is 13.2. The van der Waals surface area contributed by atoms with Crippen LogP contribution in [0.15, 0.2) is 36.4 Å². The minimum Gasteiger partial charge on any atom is -0.490 e. The first-order chi connectivity index (χ1) is 15.3. The van der Waals surface area contributed by atoms with Gasteiger partial charge in [0.2, 0.25) is 0 Å². The van der Waals surface area contributed by atoms with Crippen molar-refractivity contribution in [3.8, 4) is 11.8 Å². The summed E-state index contributed by atoms with van der Waals surface area (Å²) in [6, 6.07) is 3.82. The molecule has 5 nitrogen and oxygen atoms in total. The van der Waals surface area contributed by atoms with Gasteiger partial charge >= 0.3 is 18.5 Å². The van der Waals surface area contributed by atoms with Crippen LogP contribution in [0, 0.1) is 11.3 Å². The van der Waals surface area contributed by atoms with Gasteiger partial charge in [-0.15, -0.1) is 0 Å². The highest BCUT2D eigenvalue weighted by molar-refractivity contribution is 5.97. The molecule has 0 saturated heterocycles. The Balaban J connectivity index is 2.28. The normalized spacial score (nSPS) is 14.2. The lowest BCUT2D eigenvalue weighted by molar-refractivity contribution is -0.144. The fraction of sp³-hybridized carbons (Fsp3) is 0.300. The number of carbonyl (C=O) groups is 1. The van der Waals surface area contributed by atoms with Crippen LogP contribution in [-0.2, 0) is 23.3 Å². The maximum atomic E-state index is 13.2. The van der Waals surface area contributed by atoms with Gasteiger partial charge in [0, 0.05) is 0 Å². The number of rotatable bonds is 5. The van der Waals surface area contributed by atoms with Crippen LogP contribution in [-0.4, -0.2) is 23.2 Å². The van der Waals surface area contributed by atoms with E-state index < -0.39 is 64.8 Å². The van der Waals surface area contributed by atoms with E-state index in [2.05, 4.69) is 0 Å². The lowest BCUT2D eigenvalue weighted by Gasteiger charge is -2.24. The molecule has 2 aromatic carbocycles. The third-order valence-corrected chi connectivity index (χ3v) is 4.27. The molecule has 0 aliphatic rings. The van der Waals surface area contributed by atoms with Crippen molar-refractivity contribution in [3.63, 3.8) is 0 Å². The Bertz CT molecular complexity index is 1080. The van der Waals surface area contributed by atoms with Crippen LogP contribution in [0.25, 0.3) is 0 Å². The summed E-state index contributed by atoms with van der Waals surface area (Å²) in [6.45, 7) is -0.493. The molecular formula is C20H13F9N2O3. The molecule has 0 fully saturated rings. The van der Waals surface area contributed by atoms with E-state index in [1.54, 1.807) is 5.32 Å². The van der Waals surface area contributed by atoms with Crippen LogP contribution in [0.4, 0.5) is 45.2 Å². The van der Waals surface area contributed by atoms with Crippen molar-refractivity contribution in [2.75, 3.05) is 11.9 Å². The number of aliphatic hydroxyl groups is 1. The minimum absolute atomic E-state index is 0.165. The fourth-order valence-corrected chi connectivity index (χ4v) is 2.51. The van der Waals surface area contributed by atoms with Crippen LogP contribution in [0.1, 0.15) is 29.2 Å². The second-order valence-electron chi connectivity index (χ2n) is 7.13. The number of nitriles is 1. The standard InChI is InChI=1S/C20H13F9N2O3/c1-17(33,16(32)31-15-3-2-10(8-30)4-14(15)20(27,28)29)9-34-13-6-11(18(21,22)23)5-12(7-13)19(24,25)26/h2-7,33H,9H2,1H3,(H,31,32). The lowest BCUT2D eigenvalue weighted by Crippen LogP contribution is -2.45. The lowest BCUT2D eigenvalue weighted by atomic mass is 10.0. The highest BCUT2D eigenvalue weighted by Gasteiger charge is 2.39. The van der Waals surface area contributed by atoms with Gasteiger partial charge in [-0.25, -0.2) is 0 Å². The fourth-order valence-electron chi connectivity index (χ4n) is 2.51. The Kier molecular flexibility index (Phi) is 7.13. The largest absolute Gasteiger partial charge is 0.490 e. The Hall–Kier alpha value is -3.47. The molecule has 1 amide bonds. The molecule has 0 radical (unpaired) electrons. The summed E-state index contributed by atoms with van der Waals surface area (Å²) in [5.41, 5.74) is -8.78. The van der Waals surface area contributed by atoms with E-state index in [0.29, 0.717) is 6.07 Å². The van der Waals surface area contributed by atoms with Crippen molar-refractivity contribution < 1.29 is 54.2 Å². The van der Waals surface area contributed by atoms with Crippen LogP contribution >= 0.6 is 0 Å². The van der Waals surface area contributed by atoms with E-state index >= 15 is 0 Å². The van der Waals surface area contributed by atoms with Crippen molar-refractivity contribution in [2.45, 2.75) is 31.1 Å². The highest BCUT2D eigenvalue weighted by atomic mass is 19.4. The highest BCUT2D eigenvalue weighted by Crippen LogP contribution is 2.39. The number of amides is 1. The summed E-state index contributed by atoms with van der Waals surface area (Å²) >= 11 is 0. The second-order valence-corrected chi connectivity index (χ2v) is 7.13. The molecule has 2 aromatic rings. The number of nitrogens with zero attached hydrogens (tertiary/aromatic N) is 1. The third kappa shape index (κ3) is 6.53. The van der Waals surface area contributed by atoms with Gasteiger partial charge in [-0.1, -0.05) is 0 Å². The van der Waals surface area contributed by atoms with Crippen LogP contribution in [0.3, 0.4) is 0 Å². The van der Waals surface area contributed by atoms with Crippen molar-refractivity contribution in [3.05, 3.63) is 58.7 Å². The molecule has 0 aliphatic carbocycles. The second kappa shape index (κ2) is 9.05. The zero-order valence-corrected chi connectivity index (χ0v) is 16.8. The molecule has 0 saturated carbocycles. The zero-order chi connectivity index (χ0) is 26.1. The number of anilines is 1. The van der Waals surface area contributed by atoms with E-state index in [1.165, 1.54) is 6.07 Å². The maximum Gasteiger partial charge on any atom is 0.418 e. The zero-order valence-electron chi connectivity index (χ0n) is 16.8. The molecule has 1 unspecified atom stereocenters. The number of nitrogens with one attached hydrogen (secondary N) is 1. The summed E-state index contributed by atoms with van der Waals surface area (Å²) in [7, 11) is 0. The molecule has 0 bridgehead atoms. The predicted molar refractivity (Wildman–Crippen MR) is 97.4 cm³/mol. The van der Waals surface area contributed by atoms with E-state index in [-0.39, 0.29) is 23.8 Å². The van der Waals surface area contributed by atoms with Gasteiger partial charge in [-0.3, -0.25) is 4.79 Å². The van der Waals surface area contributed by atoms with Crippen molar-refractivity contribution in [1.29, 1.82) is 5.26 Å². The monoisotopic (exact) mass is 500 g/mol. The first kappa shape index (κ1) is 26.8. The molecule has 34 heavy (non-hydrogen) atoms. The van der Waals surface area contributed by atoms with Crippen LogP contribution < -0.4 is 10.1 Å². The van der Waals surface area contributed by atoms with E-state index in [1.807, 2.05) is 0 Å². The average molecular weight is 500 g/mol. The SMILES string of the molecule is CC(O)(COc1cc(C(F)(F)F)cc(C(F)(F)F)c1)C(=O)Nc1ccc(C#N)cc1C(F)(F)F. The van der Waals surface area contributed by atoms with E-state index in [4.69, 9.17) is 10.00 Å². The number of benzene rings is 2. The molecule has 0 heterocycles. The Morgan fingerprint density at radius 2 is 1.47 bits per heavy atom. The molecule has 184 valence electrons. The molecule has 2 rings (SSSR count). The van der Waals surface area contributed by atoms with Crippen LogP contribution in [0.5, 0.6) is 5.75 Å². The van der Waals surface area contributed by atoms with Crippen molar-refractivity contribution in [2.24, 2.45) is 0 Å². The van der Waals surface area contributed by atoms with Crippen molar-refractivity contribution in [1.82, 2.24) is 0 Å². The number of hydrogen-bond donors (Lipinski definition) is 2. The number of alkyl halides is 9. The van der Waals surface area contributed by atoms with E-state index in [0.717, 1.165) is 19.1 Å². The summed E-state index contributed by atoms with van der Waals surface area (Å²) in [5.74, 6) is -2.50. The minimum atomic E-state index is -5.18. The first-order valence-electron chi connectivity index (χ1n) is 8.92. The number of carbonyl (C=O) groups excluding carboxylic acids is 1. The molecule has 2 N–H and O–H groups in total. The third-order valence-electron chi connectivity index (χ3n) is 4.27. The summed E-state index contributed by atoms with van der Waals surface area (Å²) in [5, 5.41) is 20.7. The summed E-state index contributed by atoms with van der Waals surface area (Å²) in [6.07, 6.45) is -15.4. The van der Waals surface area contributed by atoms with Gasteiger partial charge < -0.3 is 15.2 Å². The van der Waals surface area contributed by atoms with Gasteiger partial charge in [0.15, 0.2) is 5.60 Å². The quantitative estimate of drug-likeness (QED) is 0.540. The predicted octanol–water partition coefficient (Wildman–Crippen LogP) is 5.38. The summed E-state index contributed by atoms with van der Waals surface area (Å²) in [4.78, 5) is 12.3. The average Bonchev–Trinajstić information content (AvgIpc) is 2.70. The molecular weight excluding hydrogens is 487 g/mol. The topological polar surface area (TPSA) is 82.3 Å². The number of ether oxygens (including phenoxy) is 1. The van der Waals surface area contributed by atoms with Gasteiger partial charge in [0.1, 0.15) is 12.4 Å². The Morgan fingerprint density at radius 3 is 1.91 bits per heavy atom. The van der Waals surface area contributed by atoms with Gasteiger partial charge in [0.05, 0.1) is 34.0 Å². The molecule has 0 aromatic heterocycles. The van der Waals surface area contributed by atoms with Gasteiger partial charge in [-0.05, 0) is 43.3 Å². The molecule has 1 atom stereocenters. The van der Waals surface area contributed by atoms with Gasteiger partial charge in [0.25, 0.3) is 5.91 Å². The van der Waals surface area contributed by atoms with Crippen LogP contribution in [0.2, 0.25) is 0 Å². The van der Waals surface area contributed by atoms with E-state index in [9.17, 15) is 49.4 Å². The molecule has 0 aliphatic heterocycles. The molecule has 14 heteroatoms. The number of hydrogen-bond acceptors (Lipinski definition) is 4. The Morgan fingerprint density at radius 1 is 0.941 bits per heavy atom. The van der Waals surface area contributed by atoms with Gasteiger partial charge in [-0.2, -0.15) is 44.8 Å².